The van der Waals surface area contributed by atoms with Crippen LogP contribution in [0.2, 0.25) is 0 Å². The Morgan fingerprint density at radius 1 is 0.283 bits per heavy atom. The van der Waals surface area contributed by atoms with Crippen LogP contribution in [-0.2, 0) is 0 Å². The number of hydrogen-bond donors (Lipinski definition) is 0. The Labute approximate surface area is 305 Å². The number of anilines is 3. The van der Waals surface area contributed by atoms with Crippen LogP contribution < -0.4 is 4.90 Å². The van der Waals surface area contributed by atoms with Gasteiger partial charge >= 0.3 is 0 Å². The molecule has 11 rings (SSSR count). The number of nitrogens with zero attached hydrogens (tertiary/aromatic N) is 1. The lowest BCUT2D eigenvalue weighted by Crippen LogP contribution is -2.09. The van der Waals surface area contributed by atoms with Crippen molar-refractivity contribution in [3.05, 3.63) is 188 Å². The van der Waals surface area contributed by atoms with Crippen molar-refractivity contribution in [2.45, 2.75) is 0 Å². The van der Waals surface area contributed by atoms with Crippen LogP contribution in [0.1, 0.15) is 0 Å². The Kier molecular flexibility index (Phi) is 6.55. The highest BCUT2D eigenvalue weighted by Crippen LogP contribution is 2.42. The lowest BCUT2D eigenvalue weighted by Gasteiger charge is -2.26. The molecule has 0 atom stereocenters. The van der Waals surface area contributed by atoms with Gasteiger partial charge in [0.2, 0.25) is 0 Å². The van der Waals surface area contributed by atoms with Crippen molar-refractivity contribution >= 4 is 82.5 Å². The molecule has 0 spiro atoms. The van der Waals surface area contributed by atoms with Crippen molar-refractivity contribution < 1.29 is 8.83 Å². The first-order valence-electron chi connectivity index (χ1n) is 18.0. The molecule has 248 valence electrons. The van der Waals surface area contributed by atoms with Crippen molar-refractivity contribution in [3.63, 3.8) is 0 Å². The number of furan rings is 2. The maximum absolute atomic E-state index is 6.39. The second-order valence-electron chi connectivity index (χ2n) is 13.7. The van der Waals surface area contributed by atoms with Crippen LogP contribution in [0.5, 0.6) is 0 Å². The molecular formula is C50H31NO2. The van der Waals surface area contributed by atoms with Crippen LogP contribution in [0, 0.1) is 0 Å². The fraction of sp³-hybridized carbons (Fsp3) is 0. The fourth-order valence-electron chi connectivity index (χ4n) is 8.01. The number of para-hydroxylation sites is 1. The Balaban J connectivity index is 1.07. The smallest absolute Gasteiger partial charge is 0.136 e. The molecule has 2 heterocycles. The van der Waals surface area contributed by atoms with E-state index in [9.17, 15) is 0 Å². The lowest BCUT2D eigenvalue weighted by atomic mass is 9.99. The predicted octanol–water partition coefficient (Wildman–Crippen LogP) is 14.6. The summed E-state index contributed by atoms with van der Waals surface area (Å²) in [7, 11) is 0. The molecule has 0 aliphatic carbocycles. The van der Waals surface area contributed by atoms with Crippen LogP contribution in [0.4, 0.5) is 17.1 Å². The van der Waals surface area contributed by atoms with E-state index < -0.39 is 0 Å². The zero-order valence-electron chi connectivity index (χ0n) is 28.7. The van der Waals surface area contributed by atoms with E-state index in [-0.39, 0.29) is 0 Å². The molecule has 0 saturated carbocycles. The van der Waals surface area contributed by atoms with Gasteiger partial charge in [-0.25, -0.2) is 0 Å². The molecule has 0 fully saturated rings. The first-order chi connectivity index (χ1) is 26.2. The zero-order chi connectivity index (χ0) is 34.9. The van der Waals surface area contributed by atoms with Gasteiger partial charge in [-0.1, -0.05) is 115 Å². The number of hydrogen-bond acceptors (Lipinski definition) is 3. The zero-order valence-corrected chi connectivity index (χ0v) is 28.7. The van der Waals surface area contributed by atoms with Gasteiger partial charge in [-0.05, 0) is 117 Å². The monoisotopic (exact) mass is 677 g/mol. The van der Waals surface area contributed by atoms with Crippen LogP contribution in [-0.4, -0.2) is 0 Å². The minimum absolute atomic E-state index is 0.879. The minimum atomic E-state index is 0.879. The third-order valence-corrected chi connectivity index (χ3v) is 10.6. The van der Waals surface area contributed by atoms with E-state index in [4.69, 9.17) is 8.83 Å². The summed E-state index contributed by atoms with van der Waals surface area (Å²) in [5.41, 5.74) is 11.5. The summed E-state index contributed by atoms with van der Waals surface area (Å²) in [6, 6.07) is 66.9. The molecule has 0 aliphatic heterocycles. The molecule has 3 nitrogen and oxygen atoms in total. The topological polar surface area (TPSA) is 29.5 Å². The largest absolute Gasteiger partial charge is 0.456 e. The highest BCUT2D eigenvalue weighted by atomic mass is 16.3. The molecule has 0 saturated heterocycles. The first-order valence-corrected chi connectivity index (χ1v) is 18.0. The summed E-state index contributed by atoms with van der Waals surface area (Å²) < 4.78 is 12.6. The molecule has 53 heavy (non-hydrogen) atoms. The minimum Gasteiger partial charge on any atom is -0.456 e. The maximum atomic E-state index is 6.39. The second-order valence-corrected chi connectivity index (χ2v) is 13.7. The van der Waals surface area contributed by atoms with Crippen molar-refractivity contribution in [1.82, 2.24) is 0 Å². The van der Waals surface area contributed by atoms with E-state index in [1.807, 2.05) is 12.1 Å². The van der Waals surface area contributed by atoms with Crippen molar-refractivity contribution in [3.8, 4) is 22.3 Å². The molecule has 0 amide bonds. The average molecular weight is 678 g/mol. The highest BCUT2D eigenvalue weighted by molar-refractivity contribution is 6.20. The molecule has 3 heteroatoms. The standard InChI is InChI=1S/C50H31NO2/c1-2-8-32(9-3-1)37-18-25-48-45(30-37)50-42-24-22-40(29-38(42)19-26-49(50)53-48)51(41-23-27-47-44(31-41)43-12-6-7-13-46(43)52-47)39-20-16-34(17-21-39)36-15-14-33-10-4-5-11-35(33)28-36/h1-31H. The fourth-order valence-corrected chi connectivity index (χ4v) is 8.01. The van der Waals surface area contributed by atoms with Gasteiger partial charge in [0.1, 0.15) is 22.3 Å². The van der Waals surface area contributed by atoms with Gasteiger partial charge in [-0.2, -0.15) is 0 Å². The van der Waals surface area contributed by atoms with Crippen molar-refractivity contribution in [2.24, 2.45) is 0 Å². The Bertz CT molecular complexity index is 3170. The van der Waals surface area contributed by atoms with Crippen molar-refractivity contribution in [2.75, 3.05) is 4.90 Å². The van der Waals surface area contributed by atoms with Gasteiger partial charge in [-0.3, -0.25) is 0 Å². The van der Waals surface area contributed by atoms with E-state index in [1.54, 1.807) is 0 Å². The third-order valence-electron chi connectivity index (χ3n) is 10.6. The van der Waals surface area contributed by atoms with E-state index in [0.717, 1.165) is 71.7 Å². The number of rotatable bonds is 5. The molecule has 0 aliphatic rings. The second kappa shape index (κ2) is 11.7. The first kappa shape index (κ1) is 29.6. The quantitative estimate of drug-likeness (QED) is 0.182. The predicted molar refractivity (Wildman–Crippen MR) is 222 cm³/mol. The molecule has 0 unspecified atom stereocenters. The highest BCUT2D eigenvalue weighted by Gasteiger charge is 2.18. The van der Waals surface area contributed by atoms with Crippen molar-refractivity contribution in [1.29, 1.82) is 0 Å². The Morgan fingerprint density at radius 3 is 1.77 bits per heavy atom. The normalized spacial score (nSPS) is 11.8. The number of benzene rings is 9. The van der Waals surface area contributed by atoms with E-state index in [1.165, 1.54) is 33.0 Å². The van der Waals surface area contributed by atoms with Crippen LogP contribution in [0.25, 0.3) is 87.7 Å². The molecular weight excluding hydrogens is 647 g/mol. The van der Waals surface area contributed by atoms with Gasteiger partial charge in [0.15, 0.2) is 0 Å². The van der Waals surface area contributed by atoms with Gasteiger partial charge in [0.05, 0.1) is 0 Å². The Hall–Kier alpha value is -7.10. The van der Waals surface area contributed by atoms with E-state index in [0.29, 0.717) is 0 Å². The number of fused-ring (bicyclic) bond motifs is 9. The SMILES string of the molecule is c1ccc(-c2ccc3oc4ccc5cc(N(c6ccc(-c7ccc8ccccc8c7)cc6)c6ccc7oc8ccccc8c7c6)ccc5c4c3c2)cc1. The summed E-state index contributed by atoms with van der Waals surface area (Å²) in [6.45, 7) is 0. The molecule has 9 aromatic carbocycles. The maximum Gasteiger partial charge on any atom is 0.136 e. The van der Waals surface area contributed by atoms with E-state index >= 15 is 0 Å². The van der Waals surface area contributed by atoms with E-state index in [2.05, 4.69) is 181 Å². The van der Waals surface area contributed by atoms with Crippen LogP contribution >= 0.6 is 0 Å². The summed E-state index contributed by atoms with van der Waals surface area (Å²) >= 11 is 0. The molecule has 11 aromatic rings. The van der Waals surface area contributed by atoms with Gasteiger partial charge in [-0.15, -0.1) is 0 Å². The molecule has 2 aromatic heterocycles. The summed E-state index contributed by atoms with van der Waals surface area (Å²) in [5, 5.41) is 9.26. The summed E-state index contributed by atoms with van der Waals surface area (Å²) in [6.07, 6.45) is 0. The van der Waals surface area contributed by atoms with Gasteiger partial charge in [0, 0.05) is 38.6 Å². The molecule has 0 radical (unpaired) electrons. The van der Waals surface area contributed by atoms with Gasteiger partial charge < -0.3 is 13.7 Å². The van der Waals surface area contributed by atoms with Gasteiger partial charge in [0.25, 0.3) is 0 Å². The molecule has 0 N–H and O–H groups in total. The summed E-state index contributed by atoms with van der Waals surface area (Å²) in [5.74, 6) is 0. The molecule has 0 bridgehead atoms. The Morgan fingerprint density at radius 2 is 0.868 bits per heavy atom. The third kappa shape index (κ3) is 4.90. The lowest BCUT2D eigenvalue weighted by molar-refractivity contribution is 0.668. The average Bonchev–Trinajstić information content (AvgIpc) is 3.79. The van der Waals surface area contributed by atoms with Crippen LogP contribution in [0.3, 0.4) is 0 Å². The summed E-state index contributed by atoms with van der Waals surface area (Å²) in [4.78, 5) is 2.34. The van der Waals surface area contributed by atoms with Crippen LogP contribution in [0.15, 0.2) is 197 Å².